The zero-order chi connectivity index (χ0) is 21.6. The van der Waals surface area contributed by atoms with Gasteiger partial charge >= 0.3 is 6.09 Å². The Balaban J connectivity index is 1.84. The number of nitrogens with one attached hydrogen (secondary N) is 2. The quantitative estimate of drug-likeness (QED) is 0.521. The van der Waals surface area contributed by atoms with E-state index in [1.54, 1.807) is 0 Å². The third-order valence-electron chi connectivity index (χ3n) is 4.32. The van der Waals surface area contributed by atoms with Gasteiger partial charge < -0.3 is 20.1 Å². The topological polar surface area (TPSA) is 76.7 Å². The lowest BCUT2D eigenvalue weighted by Crippen LogP contribution is -2.48. The van der Waals surface area contributed by atoms with Gasteiger partial charge in [-0.15, -0.1) is 0 Å². The molecule has 0 aliphatic heterocycles. The minimum atomic E-state index is -0.716. The van der Waals surface area contributed by atoms with Crippen molar-refractivity contribution in [3.05, 3.63) is 71.8 Å². The van der Waals surface area contributed by atoms with E-state index in [2.05, 4.69) is 24.5 Å². The molecule has 0 spiro atoms. The predicted molar refractivity (Wildman–Crippen MR) is 117 cm³/mol. The molecular weight excluding hydrogens is 380 g/mol. The van der Waals surface area contributed by atoms with E-state index in [4.69, 9.17) is 9.47 Å². The largest absolute Gasteiger partial charge is 0.445 e. The van der Waals surface area contributed by atoms with Gasteiger partial charge in [-0.3, -0.25) is 4.79 Å². The summed E-state index contributed by atoms with van der Waals surface area (Å²) in [4.78, 5) is 24.9. The predicted octanol–water partition coefficient (Wildman–Crippen LogP) is 3.70. The fourth-order valence-corrected chi connectivity index (χ4v) is 2.79. The number of carbonyl (C=O) groups excluding carboxylic acids is 2. The molecule has 2 N–H and O–H groups in total. The van der Waals surface area contributed by atoms with Gasteiger partial charge in [0.2, 0.25) is 5.91 Å². The summed E-state index contributed by atoms with van der Waals surface area (Å²) >= 11 is 0. The van der Waals surface area contributed by atoms with Crippen molar-refractivity contribution in [3.63, 3.8) is 0 Å². The van der Waals surface area contributed by atoms with Crippen molar-refractivity contribution >= 4 is 12.0 Å². The molecule has 162 valence electrons. The lowest BCUT2D eigenvalue weighted by Gasteiger charge is -2.19. The second-order valence-electron chi connectivity index (χ2n) is 7.56. The van der Waals surface area contributed by atoms with E-state index in [0.29, 0.717) is 32.1 Å². The minimum absolute atomic E-state index is 0.152. The lowest BCUT2D eigenvalue weighted by atomic mass is 10.1. The molecule has 0 saturated carbocycles. The molecular formula is C24H32N2O4. The minimum Gasteiger partial charge on any atom is -0.445 e. The second kappa shape index (κ2) is 13.4. The van der Waals surface area contributed by atoms with E-state index >= 15 is 0 Å². The fourth-order valence-electron chi connectivity index (χ4n) is 2.79. The van der Waals surface area contributed by atoms with Gasteiger partial charge in [0.05, 0.1) is 0 Å². The van der Waals surface area contributed by atoms with Crippen LogP contribution >= 0.6 is 0 Å². The van der Waals surface area contributed by atoms with Crippen molar-refractivity contribution < 1.29 is 19.1 Å². The number of hydrogen-bond donors (Lipinski definition) is 2. The molecule has 1 atom stereocenters. The van der Waals surface area contributed by atoms with E-state index in [0.717, 1.165) is 17.5 Å². The number of ether oxygens (including phenoxy) is 2. The number of rotatable bonds is 12. The van der Waals surface area contributed by atoms with E-state index < -0.39 is 12.1 Å². The molecule has 0 radical (unpaired) electrons. The average Bonchev–Trinajstić information content (AvgIpc) is 2.75. The number of alkyl carbamates (subject to hydrolysis) is 1. The van der Waals surface area contributed by atoms with Crippen LogP contribution in [0.2, 0.25) is 0 Å². The second-order valence-corrected chi connectivity index (χ2v) is 7.56. The van der Waals surface area contributed by atoms with E-state index in [1.165, 1.54) is 0 Å². The first-order valence-electron chi connectivity index (χ1n) is 10.4. The summed E-state index contributed by atoms with van der Waals surface area (Å²) in [6, 6.07) is 18.3. The zero-order valence-corrected chi connectivity index (χ0v) is 17.8. The first-order chi connectivity index (χ1) is 14.5. The van der Waals surface area contributed by atoms with Crippen molar-refractivity contribution in [3.8, 4) is 0 Å². The molecule has 2 rings (SSSR count). The molecule has 0 heterocycles. The van der Waals surface area contributed by atoms with E-state index in [-0.39, 0.29) is 12.5 Å². The van der Waals surface area contributed by atoms with E-state index in [1.807, 2.05) is 60.7 Å². The zero-order valence-electron chi connectivity index (χ0n) is 17.8. The van der Waals surface area contributed by atoms with Gasteiger partial charge in [0.1, 0.15) is 12.6 Å². The summed E-state index contributed by atoms with van der Waals surface area (Å²) in [6.45, 7) is 6.13. The van der Waals surface area contributed by atoms with Crippen LogP contribution in [0.4, 0.5) is 4.79 Å². The highest BCUT2D eigenvalue weighted by molar-refractivity contribution is 5.85. The highest BCUT2D eigenvalue weighted by atomic mass is 16.5. The molecule has 0 aromatic heterocycles. The first kappa shape index (κ1) is 23.4. The molecule has 2 aromatic carbocycles. The molecule has 0 bridgehead atoms. The number of carbonyl (C=O) groups is 2. The number of benzene rings is 2. The van der Waals surface area contributed by atoms with Crippen LogP contribution in [0, 0.1) is 5.92 Å². The molecule has 0 aliphatic carbocycles. The van der Waals surface area contributed by atoms with Gasteiger partial charge in [0.15, 0.2) is 0 Å². The molecule has 0 aliphatic rings. The third-order valence-corrected chi connectivity index (χ3v) is 4.32. The Bertz CT molecular complexity index is 750. The molecule has 2 aromatic rings. The third kappa shape index (κ3) is 9.56. The fraction of sp³-hybridized carbons (Fsp3) is 0.417. The summed E-state index contributed by atoms with van der Waals surface area (Å²) in [5.74, 6) is 0.250. The van der Waals surface area contributed by atoms with Gasteiger partial charge in [-0.2, -0.15) is 0 Å². The van der Waals surface area contributed by atoms with Gasteiger partial charge in [-0.05, 0) is 23.5 Å². The van der Waals surface area contributed by atoms with Gasteiger partial charge in [-0.25, -0.2) is 4.79 Å². The van der Waals surface area contributed by atoms with Crippen molar-refractivity contribution in [1.82, 2.24) is 10.6 Å². The molecule has 1 unspecified atom stereocenters. The maximum Gasteiger partial charge on any atom is 0.408 e. The molecule has 0 fully saturated rings. The van der Waals surface area contributed by atoms with Gasteiger partial charge in [0, 0.05) is 26.2 Å². The Morgan fingerprint density at radius 2 is 1.57 bits per heavy atom. The van der Waals surface area contributed by atoms with Crippen LogP contribution < -0.4 is 10.6 Å². The maximum absolute atomic E-state index is 12.7. The Labute approximate surface area is 179 Å². The molecule has 6 nitrogen and oxygen atoms in total. The van der Waals surface area contributed by atoms with Crippen molar-refractivity contribution in [2.45, 2.75) is 39.3 Å². The Kier molecular flexibility index (Phi) is 10.4. The van der Waals surface area contributed by atoms with Gasteiger partial charge in [0.25, 0.3) is 0 Å². The van der Waals surface area contributed by atoms with Crippen LogP contribution in [-0.4, -0.2) is 37.8 Å². The molecule has 30 heavy (non-hydrogen) atoms. The Morgan fingerprint density at radius 1 is 0.933 bits per heavy atom. The molecule has 2 amide bonds. The Morgan fingerprint density at radius 3 is 2.20 bits per heavy atom. The van der Waals surface area contributed by atoms with Crippen LogP contribution in [0.5, 0.6) is 0 Å². The maximum atomic E-state index is 12.7. The monoisotopic (exact) mass is 412 g/mol. The summed E-state index contributed by atoms with van der Waals surface area (Å²) in [5.41, 5.74) is 1.85. The van der Waals surface area contributed by atoms with Crippen LogP contribution in [0.3, 0.4) is 0 Å². The average molecular weight is 413 g/mol. The van der Waals surface area contributed by atoms with Crippen molar-refractivity contribution in [1.29, 1.82) is 0 Å². The van der Waals surface area contributed by atoms with Crippen molar-refractivity contribution in [2.24, 2.45) is 5.92 Å². The summed E-state index contributed by atoms with van der Waals surface area (Å²) in [5, 5.41) is 5.58. The smallest absolute Gasteiger partial charge is 0.408 e. The highest BCUT2D eigenvalue weighted by Gasteiger charge is 2.21. The SMILES string of the molecule is CC(C)COCCCNC(=O)C(Cc1ccccc1)NC(=O)OCc1ccccc1. The summed E-state index contributed by atoms with van der Waals surface area (Å²) < 4.78 is 10.8. The Hall–Kier alpha value is -2.86. The molecule has 6 heteroatoms. The van der Waals surface area contributed by atoms with E-state index in [9.17, 15) is 9.59 Å². The van der Waals surface area contributed by atoms with Crippen molar-refractivity contribution in [2.75, 3.05) is 19.8 Å². The normalized spacial score (nSPS) is 11.7. The van der Waals surface area contributed by atoms with Crippen LogP contribution in [0.25, 0.3) is 0 Å². The standard InChI is InChI=1S/C24H32N2O4/c1-19(2)17-29-15-9-14-25-23(27)22(16-20-10-5-3-6-11-20)26-24(28)30-18-21-12-7-4-8-13-21/h3-8,10-13,19,22H,9,14-18H2,1-2H3,(H,25,27)(H,26,28). The molecule has 0 saturated heterocycles. The summed E-state index contributed by atoms with van der Waals surface area (Å²) in [6.07, 6.45) is 0.488. The summed E-state index contributed by atoms with van der Waals surface area (Å²) in [7, 11) is 0. The van der Waals surface area contributed by atoms with Gasteiger partial charge in [-0.1, -0.05) is 74.5 Å². The number of hydrogen-bond acceptors (Lipinski definition) is 4. The first-order valence-corrected chi connectivity index (χ1v) is 10.4. The highest BCUT2D eigenvalue weighted by Crippen LogP contribution is 2.05. The van der Waals surface area contributed by atoms with Crippen LogP contribution in [0.1, 0.15) is 31.4 Å². The lowest BCUT2D eigenvalue weighted by molar-refractivity contribution is -0.123. The van der Waals surface area contributed by atoms with Crippen LogP contribution in [0.15, 0.2) is 60.7 Å². The van der Waals surface area contributed by atoms with Crippen LogP contribution in [-0.2, 0) is 27.3 Å². The number of amides is 2.